The lowest BCUT2D eigenvalue weighted by Gasteiger charge is -2.12. The summed E-state index contributed by atoms with van der Waals surface area (Å²) in [5, 5.41) is 9.52. The minimum atomic E-state index is -0.998. The number of carbonyl (C=O) groups excluding carboxylic acids is 1. The Balaban J connectivity index is 1.90. The topological polar surface area (TPSA) is 88.4 Å². The van der Waals surface area contributed by atoms with Crippen molar-refractivity contribution >= 4 is 63.2 Å². The van der Waals surface area contributed by atoms with Crippen molar-refractivity contribution in [2.75, 3.05) is 20.8 Å². The van der Waals surface area contributed by atoms with Crippen LogP contribution in [0.2, 0.25) is 0 Å². The van der Waals surface area contributed by atoms with Crippen LogP contribution < -0.4 is 9.47 Å². The largest absolute Gasteiger partial charge is 0.492 e. The van der Waals surface area contributed by atoms with E-state index in [1.54, 1.807) is 32.4 Å². The lowest BCUT2D eigenvalue weighted by molar-refractivity contribution is -0.121. The Hall–Kier alpha value is -2.53. The molecule has 1 N–H and O–H groups in total. The molecule has 30 heavy (non-hydrogen) atoms. The number of carboxylic acids is 1. The molecule has 156 valence electrons. The molecule has 9 heteroatoms. The number of amidine groups is 1. The van der Waals surface area contributed by atoms with Crippen LogP contribution in [0.1, 0.15) is 22.8 Å². The van der Waals surface area contributed by atoms with Crippen molar-refractivity contribution < 1.29 is 24.2 Å². The van der Waals surface area contributed by atoms with Crippen molar-refractivity contribution in [2.24, 2.45) is 4.99 Å². The van der Waals surface area contributed by atoms with Crippen molar-refractivity contribution in [3.63, 3.8) is 0 Å². The van der Waals surface area contributed by atoms with Crippen LogP contribution in [0.4, 0.5) is 5.69 Å². The third-order valence-electron chi connectivity index (χ3n) is 4.18. The number of aliphatic imine (C=N–C) groups is 1. The number of benzene rings is 2. The minimum Gasteiger partial charge on any atom is -0.492 e. The van der Waals surface area contributed by atoms with Crippen molar-refractivity contribution in [1.29, 1.82) is 0 Å². The molecule has 1 aliphatic rings. The van der Waals surface area contributed by atoms with Gasteiger partial charge in [-0.15, -0.1) is 0 Å². The summed E-state index contributed by atoms with van der Waals surface area (Å²) in [5.74, 6) is 0.122. The summed E-state index contributed by atoms with van der Waals surface area (Å²) in [5.41, 5.74) is 1.57. The molecule has 0 aromatic heterocycles. The molecular weight excluding hydrogens is 519 g/mol. The average molecular weight is 538 g/mol. The number of hydrogen-bond donors (Lipinski definition) is 1. The second-order valence-corrected chi connectivity index (χ2v) is 8.36. The number of likely N-dealkylation sites (N-methyl/N-ethyl adjacent to an activating group) is 1. The summed E-state index contributed by atoms with van der Waals surface area (Å²) < 4.78 is 11.9. The van der Waals surface area contributed by atoms with E-state index in [-0.39, 0.29) is 11.5 Å². The van der Waals surface area contributed by atoms with Gasteiger partial charge in [0.2, 0.25) is 0 Å². The quantitative estimate of drug-likeness (QED) is 0.427. The number of methoxy groups -OCH3 is 1. The molecule has 3 rings (SSSR count). The summed E-state index contributed by atoms with van der Waals surface area (Å²) in [6.07, 6.45) is 1.80. The molecule has 1 saturated heterocycles. The molecule has 0 spiro atoms. The molecule has 0 bridgehead atoms. The standard InChI is InChI=1S/C21H19IN2O5S/c1-4-29-16-10-12(9-15(22)18(16)28-3)11-17-19(25)24(2)21(30-17)23-14-7-5-13(6-8-14)20(26)27/h5-11H,4H2,1-3H3,(H,26,27)/b17-11-,23-21?. The summed E-state index contributed by atoms with van der Waals surface area (Å²) >= 11 is 3.43. The van der Waals surface area contributed by atoms with Crippen LogP contribution in [0.5, 0.6) is 11.5 Å². The van der Waals surface area contributed by atoms with Gasteiger partial charge in [0.25, 0.3) is 5.91 Å². The van der Waals surface area contributed by atoms with Gasteiger partial charge in [0.1, 0.15) is 0 Å². The highest BCUT2D eigenvalue weighted by Gasteiger charge is 2.30. The predicted octanol–water partition coefficient (Wildman–Crippen LogP) is 4.63. The number of carbonyl (C=O) groups is 2. The van der Waals surface area contributed by atoms with Gasteiger partial charge in [-0.25, -0.2) is 9.79 Å². The molecule has 1 heterocycles. The van der Waals surface area contributed by atoms with Crippen LogP contribution in [0, 0.1) is 3.57 Å². The maximum Gasteiger partial charge on any atom is 0.335 e. The van der Waals surface area contributed by atoms with E-state index in [9.17, 15) is 9.59 Å². The molecule has 2 aromatic rings. The Bertz CT molecular complexity index is 1050. The van der Waals surface area contributed by atoms with Gasteiger partial charge in [-0.05, 0) is 89.3 Å². The van der Waals surface area contributed by atoms with Gasteiger partial charge >= 0.3 is 5.97 Å². The first kappa shape index (κ1) is 22.2. The first-order valence-corrected chi connectivity index (χ1v) is 10.8. The number of amides is 1. The van der Waals surface area contributed by atoms with Gasteiger partial charge in [0, 0.05) is 7.05 Å². The maximum absolute atomic E-state index is 12.7. The van der Waals surface area contributed by atoms with Gasteiger partial charge < -0.3 is 14.6 Å². The van der Waals surface area contributed by atoms with Crippen LogP contribution >= 0.6 is 34.4 Å². The number of halogens is 1. The fourth-order valence-corrected chi connectivity index (χ4v) is 4.56. The smallest absolute Gasteiger partial charge is 0.335 e. The number of rotatable bonds is 6. The van der Waals surface area contributed by atoms with E-state index in [0.29, 0.717) is 33.9 Å². The molecule has 0 radical (unpaired) electrons. The first-order chi connectivity index (χ1) is 14.3. The van der Waals surface area contributed by atoms with Crippen molar-refractivity contribution in [3.05, 3.63) is 56.0 Å². The molecule has 0 atom stereocenters. The van der Waals surface area contributed by atoms with Crippen molar-refractivity contribution in [1.82, 2.24) is 4.90 Å². The van der Waals surface area contributed by atoms with Crippen molar-refractivity contribution in [3.8, 4) is 11.5 Å². The molecule has 0 aliphatic carbocycles. The number of ether oxygens (including phenoxy) is 2. The summed E-state index contributed by atoms with van der Waals surface area (Å²) in [4.78, 5) is 30.2. The number of thioether (sulfide) groups is 1. The highest BCUT2D eigenvalue weighted by molar-refractivity contribution is 14.1. The molecule has 7 nitrogen and oxygen atoms in total. The highest BCUT2D eigenvalue weighted by Crippen LogP contribution is 2.37. The monoisotopic (exact) mass is 538 g/mol. The second-order valence-electron chi connectivity index (χ2n) is 6.19. The summed E-state index contributed by atoms with van der Waals surface area (Å²) in [6.45, 7) is 2.40. The zero-order valence-corrected chi connectivity index (χ0v) is 19.5. The first-order valence-electron chi connectivity index (χ1n) is 8.94. The third-order valence-corrected chi connectivity index (χ3v) is 6.04. The predicted molar refractivity (Wildman–Crippen MR) is 126 cm³/mol. The van der Waals surface area contributed by atoms with Crippen LogP contribution in [0.15, 0.2) is 46.3 Å². The number of nitrogens with zero attached hydrogens (tertiary/aromatic N) is 2. The Kier molecular flexibility index (Phi) is 7.03. The molecule has 0 saturated carbocycles. The summed E-state index contributed by atoms with van der Waals surface area (Å²) in [6, 6.07) is 9.94. The Morgan fingerprint density at radius 2 is 2.00 bits per heavy atom. The van der Waals surface area contributed by atoms with Gasteiger partial charge in [0.05, 0.1) is 33.4 Å². The van der Waals surface area contributed by atoms with E-state index in [1.165, 1.54) is 28.8 Å². The fourth-order valence-electron chi connectivity index (χ4n) is 2.72. The van der Waals surface area contributed by atoms with Crippen LogP contribution in [0.25, 0.3) is 6.08 Å². The zero-order chi connectivity index (χ0) is 21.8. The molecule has 1 fully saturated rings. The van der Waals surface area contributed by atoms with Crippen LogP contribution in [-0.2, 0) is 4.79 Å². The molecule has 1 aliphatic heterocycles. The van der Waals surface area contributed by atoms with E-state index < -0.39 is 5.97 Å². The molecule has 2 aromatic carbocycles. The fraction of sp³-hybridized carbons (Fsp3) is 0.190. The van der Waals surface area contributed by atoms with E-state index in [4.69, 9.17) is 14.6 Å². The van der Waals surface area contributed by atoms with E-state index in [2.05, 4.69) is 27.6 Å². The van der Waals surface area contributed by atoms with Gasteiger partial charge in [-0.3, -0.25) is 9.69 Å². The van der Waals surface area contributed by atoms with E-state index in [0.717, 1.165) is 9.13 Å². The van der Waals surface area contributed by atoms with E-state index in [1.807, 2.05) is 19.1 Å². The van der Waals surface area contributed by atoms with Gasteiger partial charge in [-0.2, -0.15) is 0 Å². The molecular formula is C21H19IN2O5S. The maximum atomic E-state index is 12.7. The Morgan fingerprint density at radius 1 is 1.30 bits per heavy atom. The lowest BCUT2D eigenvalue weighted by atomic mass is 10.2. The molecule has 1 amide bonds. The van der Waals surface area contributed by atoms with Gasteiger partial charge in [0.15, 0.2) is 16.7 Å². The Labute approximate surface area is 191 Å². The second kappa shape index (κ2) is 9.52. The SMILES string of the molecule is CCOc1cc(/C=C2\SC(=Nc3ccc(C(=O)O)cc3)N(C)C2=O)cc(I)c1OC. The molecule has 0 unspecified atom stereocenters. The minimum absolute atomic E-state index is 0.162. The zero-order valence-electron chi connectivity index (χ0n) is 16.5. The third kappa shape index (κ3) is 4.78. The number of hydrogen-bond acceptors (Lipinski definition) is 6. The number of aromatic carboxylic acids is 1. The normalized spacial score (nSPS) is 16.4. The lowest BCUT2D eigenvalue weighted by Crippen LogP contribution is -2.23. The average Bonchev–Trinajstić information content (AvgIpc) is 2.96. The van der Waals surface area contributed by atoms with Gasteiger partial charge in [-0.1, -0.05) is 0 Å². The van der Waals surface area contributed by atoms with E-state index >= 15 is 0 Å². The van der Waals surface area contributed by atoms with Crippen molar-refractivity contribution in [2.45, 2.75) is 6.92 Å². The summed E-state index contributed by atoms with van der Waals surface area (Å²) in [7, 11) is 3.25. The van der Waals surface area contributed by atoms with Crippen LogP contribution in [0.3, 0.4) is 0 Å². The Morgan fingerprint density at radius 3 is 2.60 bits per heavy atom. The van der Waals surface area contributed by atoms with Crippen LogP contribution in [-0.4, -0.2) is 47.8 Å². The number of carboxylic acid groups (broad SMARTS) is 1. The highest BCUT2D eigenvalue weighted by atomic mass is 127.